The van der Waals surface area contributed by atoms with Crippen LogP contribution in [0.1, 0.15) is 18.9 Å². The third-order valence-electron chi connectivity index (χ3n) is 3.53. The maximum Gasteiger partial charge on any atom is 0.219 e. The van der Waals surface area contributed by atoms with E-state index in [4.69, 9.17) is 0 Å². The molecule has 108 valence electrons. The van der Waals surface area contributed by atoms with Crippen molar-refractivity contribution in [1.29, 1.82) is 0 Å². The van der Waals surface area contributed by atoms with Gasteiger partial charge in [0, 0.05) is 24.1 Å². The number of aryl methyl sites for hydroxylation is 2. The minimum atomic E-state index is 1.03. The van der Waals surface area contributed by atoms with Crippen LogP contribution in [-0.2, 0) is 6.54 Å². The Labute approximate surface area is 127 Å². The topological polar surface area (TPSA) is 6.89 Å². The van der Waals surface area contributed by atoms with Crippen molar-refractivity contribution in [1.82, 2.24) is 0 Å². The van der Waals surface area contributed by atoms with Gasteiger partial charge in [0.05, 0.1) is 0 Å². The first-order chi connectivity index (χ1) is 10.2. The summed E-state index contributed by atoms with van der Waals surface area (Å²) in [6, 6.07) is 12.9. The van der Waals surface area contributed by atoms with E-state index in [1.807, 2.05) is 12.3 Å². The molecule has 1 aromatic heterocycles. The lowest BCUT2D eigenvalue weighted by Crippen LogP contribution is -2.36. The maximum atomic E-state index is 3.78. The summed E-state index contributed by atoms with van der Waals surface area (Å²) in [6.07, 6.45) is 7.15. The summed E-state index contributed by atoms with van der Waals surface area (Å²) in [7, 11) is 2.05. The Bertz CT molecular complexity index is 669. The largest absolute Gasteiger partial charge is 0.219 e. The van der Waals surface area contributed by atoms with Gasteiger partial charge in [-0.15, -0.1) is 0 Å². The van der Waals surface area contributed by atoms with Gasteiger partial charge in [-0.2, -0.15) is 4.57 Å². The number of allylic oxidation sites excluding steroid dienone is 1. The Morgan fingerprint density at radius 3 is 2.67 bits per heavy atom. The van der Waals surface area contributed by atoms with Gasteiger partial charge in [-0.25, -0.2) is 4.58 Å². The summed E-state index contributed by atoms with van der Waals surface area (Å²) >= 11 is 0. The van der Waals surface area contributed by atoms with Crippen LogP contribution in [0, 0.1) is 6.92 Å². The monoisotopic (exact) mass is 280 g/mol. The Hall–Kier alpha value is -2.22. The van der Waals surface area contributed by atoms with E-state index in [0.717, 1.165) is 13.0 Å². The molecule has 2 heteroatoms. The van der Waals surface area contributed by atoms with Crippen LogP contribution in [0.3, 0.4) is 0 Å². The number of hydrogen-bond donors (Lipinski definition) is 0. The molecule has 0 aliphatic carbocycles. The van der Waals surface area contributed by atoms with E-state index >= 15 is 0 Å². The van der Waals surface area contributed by atoms with Crippen molar-refractivity contribution in [3.63, 3.8) is 0 Å². The summed E-state index contributed by atoms with van der Waals surface area (Å²) in [5.74, 6) is 0. The van der Waals surface area contributed by atoms with Gasteiger partial charge in [-0.3, -0.25) is 0 Å². The number of nitrogens with zero attached hydrogens (tertiary/aromatic N) is 2. The first-order valence-electron chi connectivity index (χ1n) is 7.45. The molecule has 0 unspecified atom stereocenters. The predicted molar refractivity (Wildman–Crippen MR) is 89.2 cm³/mol. The first kappa shape index (κ1) is 15.2. The van der Waals surface area contributed by atoms with E-state index in [2.05, 4.69) is 79.2 Å². The standard InChI is InChI=1S/C19H24N2/c1-5-13-20(4)18-10-8-7-9-17(18)19-12-11-16(3)15-21(19)14-6-2/h5,7-13,15H,1,6,14H2,2-4H3/q+2/b20-13+. The second-order valence-electron chi connectivity index (χ2n) is 5.30. The molecule has 1 aromatic carbocycles. The number of benzene rings is 1. The van der Waals surface area contributed by atoms with Gasteiger partial charge in [-0.1, -0.05) is 25.6 Å². The molecule has 2 rings (SSSR count). The van der Waals surface area contributed by atoms with Crippen LogP contribution in [0.25, 0.3) is 11.3 Å². The molecule has 0 N–H and O–H groups in total. The Morgan fingerprint density at radius 2 is 1.95 bits per heavy atom. The van der Waals surface area contributed by atoms with E-state index in [9.17, 15) is 0 Å². The van der Waals surface area contributed by atoms with Crippen molar-refractivity contribution in [2.24, 2.45) is 0 Å². The third-order valence-corrected chi connectivity index (χ3v) is 3.53. The van der Waals surface area contributed by atoms with E-state index in [1.54, 1.807) is 0 Å². The number of hydrogen-bond acceptors (Lipinski definition) is 0. The van der Waals surface area contributed by atoms with E-state index in [1.165, 1.54) is 22.5 Å². The van der Waals surface area contributed by atoms with Crippen molar-refractivity contribution in [2.75, 3.05) is 7.05 Å². The molecular formula is C19H24N2+2. The fraction of sp³-hybridized carbons (Fsp3) is 0.263. The minimum Gasteiger partial charge on any atom is -0.201 e. The Balaban J connectivity index is 2.62. The van der Waals surface area contributed by atoms with E-state index in [0.29, 0.717) is 0 Å². The van der Waals surface area contributed by atoms with Crippen LogP contribution >= 0.6 is 0 Å². The normalized spacial score (nSPS) is 11.5. The van der Waals surface area contributed by atoms with Crippen LogP contribution in [-0.4, -0.2) is 17.8 Å². The van der Waals surface area contributed by atoms with Crippen LogP contribution in [0.15, 0.2) is 55.3 Å². The summed E-state index contributed by atoms with van der Waals surface area (Å²) < 4.78 is 4.45. The molecule has 1 heterocycles. The SMILES string of the molecule is C=C/C=[N+](\C)c1ccccc1-c1ccc(C)c[n+]1CCC. The lowest BCUT2D eigenvalue weighted by atomic mass is 10.1. The molecule has 0 aliphatic rings. The molecule has 2 nitrogen and oxygen atoms in total. The fourth-order valence-corrected chi connectivity index (χ4v) is 2.57. The summed E-state index contributed by atoms with van der Waals surface area (Å²) in [4.78, 5) is 0. The zero-order valence-electron chi connectivity index (χ0n) is 13.2. The average Bonchev–Trinajstić information content (AvgIpc) is 2.48. The minimum absolute atomic E-state index is 1.03. The number of pyridine rings is 1. The molecule has 2 aromatic rings. The molecule has 0 fully saturated rings. The molecular weight excluding hydrogens is 256 g/mol. The van der Waals surface area contributed by atoms with E-state index < -0.39 is 0 Å². The zero-order valence-corrected chi connectivity index (χ0v) is 13.2. The van der Waals surface area contributed by atoms with Crippen molar-refractivity contribution >= 4 is 11.9 Å². The molecule has 0 bridgehead atoms. The summed E-state index contributed by atoms with van der Waals surface area (Å²) in [5.41, 5.74) is 4.97. The zero-order chi connectivity index (χ0) is 15.2. The van der Waals surface area contributed by atoms with Crippen LogP contribution in [0.2, 0.25) is 0 Å². The highest BCUT2D eigenvalue weighted by atomic mass is 15.0. The average molecular weight is 280 g/mol. The second-order valence-corrected chi connectivity index (χ2v) is 5.30. The van der Waals surface area contributed by atoms with Crippen molar-refractivity contribution in [2.45, 2.75) is 26.8 Å². The van der Waals surface area contributed by atoms with Crippen LogP contribution < -0.4 is 4.57 Å². The Morgan fingerprint density at radius 1 is 1.19 bits per heavy atom. The second kappa shape index (κ2) is 6.98. The highest BCUT2D eigenvalue weighted by Crippen LogP contribution is 2.27. The molecule has 0 spiro atoms. The number of rotatable bonds is 5. The maximum absolute atomic E-state index is 3.78. The highest BCUT2D eigenvalue weighted by molar-refractivity contribution is 5.72. The van der Waals surface area contributed by atoms with Crippen LogP contribution in [0.4, 0.5) is 5.69 Å². The fourth-order valence-electron chi connectivity index (χ4n) is 2.57. The quantitative estimate of drug-likeness (QED) is 0.579. The molecule has 0 aliphatic heterocycles. The smallest absolute Gasteiger partial charge is 0.201 e. The van der Waals surface area contributed by atoms with Gasteiger partial charge in [0.25, 0.3) is 0 Å². The van der Waals surface area contributed by atoms with Crippen LogP contribution in [0.5, 0.6) is 0 Å². The number of aromatic nitrogens is 1. The molecule has 21 heavy (non-hydrogen) atoms. The van der Waals surface area contributed by atoms with Crippen molar-refractivity contribution in [3.05, 3.63) is 60.8 Å². The molecule has 0 amide bonds. The summed E-state index contributed by atoms with van der Waals surface area (Å²) in [5, 5.41) is 0. The van der Waals surface area contributed by atoms with Gasteiger partial charge in [0.2, 0.25) is 11.4 Å². The van der Waals surface area contributed by atoms with Gasteiger partial charge in [-0.05, 0) is 25.1 Å². The molecule has 0 saturated carbocycles. The molecule has 0 atom stereocenters. The Kier molecular flexibility index (Phi) is 5.04. The summed E-state index contributed by atoms with van der Waals surface area (Å²) in [6.45, 7) is 9.16. The van der Waals surface area contributed by atoms with Gasteiger partial charge in [0.15, 0.2) is 12.4 Å². The van der Waals surface area contributed by atoms with Crippen molar-refractivity contribution < 1.29 is 9.14 Å². The highest BCUT2D eigenvalue weighted by Gasteiger charge is 2.20. The lowest BCUT2D eigenvalue weighted by Gasteiger charge is -2.06. The molecule has 0 radical (unpaired) electrons. The van der Waals surface area contributed by atoms with Gasteiger partial charge < -0.3 is 0 Å². The lowest BCUT2D eigenvalue weighted by molar-refractivity contribution is -0.686. The molecule has 0 saturated heterocycles. The first-order valence-corrected chi connectivity index (χ1v) is 7.45. The van der Waals surface area contributed by atoms with Gasteiger partial charge in [0.1, 0.15) is 19.2 Å². The predicted octanol–water partition coefficient (Wildman–Crippen LogP) is 3.89. The number of para-hydroxylation sites is 1. The van der Waals surface area contributed by atoms with E-state index in [-0.39, 0.29) is 0 Å². The third kappa shape index (κ3) is 3.46. The van der Waals surface area contributed by atoms with Crippen molar-refractivity contribution in [3.8, 4) is 11.3 Å². The van der Waals surface area contributed by atoms with Gasteiger partial charge >= 0.3 is 0 Å².